The van der Waals surface area contributed by atoms with Crippen molar-refractivity contribution in [1.82, 2.24) is 19.9 Å². The van der Waals surface area contributed by atoms with E-state index in [1.54, 1.807) is 30.3 Å². The van der Waals surface area contributed by atoms with Gasteiger partial charge in [-0.2, -0.15) is 13.2 Å². The van der Waals surface area contributed by atoms with Crippen molar-refractivity contribution >= 4 is 32.9 Å². The van der Waals surface area contributed by atoms with Crippen LogP contribution in [0.1, 0.15) is 40.7 Å². The normalized spacial score (nSPS) is 21.2. The topological polar surface area (TPSA) is 109 Å². The number of aromatic nitrogens is 1. The van der Waals surface area contributed by atoms with E-state index in [4.69, 9.17) is 0 Å². The minimum Gasteiger partial charge on any atom is -0.346 e. The second kappa shape index (κ2) is 9.90. The molecule has 3 aliphatic carbocycles. The van der Waals surface area contributed by atoms with Crippen molar-refractivity contribution in [3.8, 4) is 0 Å². The van der Waals surface area contributed by atoms with E-state index in [1.165, 1.54) is 24.3 Å². The molecular formula is C30H27F3N4O4S. The number of carbonyl (C=O) groups excluding carboxylic acids is 2. The molecule has 7 rings (SSSR count). The Balaban J connectivity index is 1.07. The SMILES string of the molecule is O=C(NCC12CC(NC(=O)c3cccc4ccn(Cc5ccc(C(F)(F)F)cc5)c34)(C1)C2)NS(=O)(=O)c1ccccc1. The highest BCUT2D eigenvalue weighted by Crippen LogP contribution is 2.66. The standard InChI is InChI=1S/C30H27F3N4O4S/c31-30(32,33)22-11-9-20(10-12-22)15-37-14-13-21-5-4-8-24(25(21)37)26(38)35-29-16-28(17-29,18-29)19-34-27(39)36-42(40,41)23-6-2-1-3-7-23/h1-14H,15-19H2,(H,35,38)(H2,34,36,39). The number of rotatable bonds is 8. The minimum absolute atomic E-state index is 0.00662. The molecular weight excluding hydrogens is 569 g/mol. The highest BCUT2D eigenvalue weighted by molar-refractivity contribution is 7.90. The molecule has 12 heteroatoms. The number of hydrogen-bond acceptors (Lipinski definition) is 4. The monoisotopic (exact) mass is 596 g/mol. The van der Waals surface area contributed by atoms with Crippen LogP contribution in [0.3, 0.4) is 0 Å². The Hall–Kier alpha value is -4.32. The van der Waals surface area contributed by atoms with Crippen molar-refractivity contribution in [3.05, 3.63) is 102 Å². The number of carbonyl (C=O) groups is 2. The molecule has 3 aliphatic rings. The Kier molecular flexibility index (Phi) is 6.56. The molecule has 3 amide bonds. The van der Waals surface area contributed by atoms with Crippen molar-refractivity contribution < 1.29 is 31.2 Å². The number of fused-ring (bicyclic) bond motifs is 1. The van der Waals surface area contributed by atoms with Gasteiger partial charge in [-0.3, -0.25) is 4.79 Å². The fourth-order valence-corrected chi connectivity index (χ4v) is 7.23. The Morgan fingerprint density at radius 3 is 2.24 bits per heavy atom. The molecule has 0 aliphatic heterocycles. The highest BCUT2D eigenvalue weighted by Gasteiger charge is 2.68. The molecule has 8 nitrogen and oxygen atoms in total. The highest BCUT2D eigenvalue weighted by atomic mass is 32.2. The van der Waals surface area contributed by atoms with E-state index in [0.717, 1.165) is 17.5 Å². The predicted octanol–water partition coefficient (Wildman–Crippen LogP) is 5.05. The Labute approximate surface area is 240 Å². The molecule has 0 atom stereocenters. The van der Waals surface area contributed by atoms with E-state index in [2.05, 4.69) is 10.6 Å². The third-order valence-corrected chi connectivity index (χ3v) is 9.44. The van der Waals surface area contributed by atoms with Crippen molar-refractivity contribution in [3.63, 3.8) is 0 Å². The van der Waals surface area contributed by atoms with Gasteiger partial charge in [0.1, 0.15) is 0 Å². The van der Waals surface area contributed by atoms with Crippen LogP contribution in [-0.4, -0.2) is 37.0 Å². The van der Waals surface area contributed by atoms with Crippen molar-refractivity contribution in [1.29, 1.82) is 0 Å². The van der Waals surface area contributed by atoms with E-state index < -0.39 is 33.3 Å². The van der Waals surface area contributed by atoms with Crippen LogP contribution in [-0.2, 0) is 22.7 Å². The molecule has 1 heterocycles. The zero-order valence-corrected chi connectivity index (χ0v) is 23.1. The van der Waals surface area contributed by atoms with Gasteiger partial charge in [-0.05, 0) is 66.6 Å². The maximum Gasteiger partial charge on any atom is 0.416 e. The summed E-state index contributed by atoms with van der Waals surface area (Å²) >= 11 is 0. The predicted molar refractivity (Wildman–Crippen MR) is 149 cm³/mol. The molecule has 3 saturated carbocycles. The lowest BCUT2D eigenvalue weighted by molar-refractivity contribution is -0.142. The lowest BCUT2D eigenvalue weighted by atomic mass is 9.39. The van der Waals surface area contributed by atoms with Crippen LogP contribution in [0.5, 0.6) is 0 Å². The summed E-state index contributed by atoms with van der Waals surface area (Å²) in [5.74, 6) is -0.249. The summed E-state index contributed by atoms with van der Waals surface area (Å²) in [4.78, 5) is 25.7. The number of nitrogens with one attached hydrogen (secondary N) is 3. The molecule has 3 aromatic carbocycles. The number of alkyl halides is 3. The smallest absolute Gasteiger partial charge is 0.346 e. The van der Waals surface area contributed by atoms with Gasteiger partial charge < -0.3 is 15.2 Å². The van der Waals surface area contributed by atoms with E-state index in [1.807, 2.05) is 27.6 Å². The van der Waals surface area contributed by atoms with Gasteiger partial charge in [0, 0.05) is 30.2 Å². The molecule has 3 N–H and O–H groups in total. The van der Waals surface area contributed by atoms with Gasteiger partial charge in [0.25, 0.3) is 15.9 Å². The van der Waals surface area contributed by atoms with Crippen LogP contribution in [0.2, 0.25) is 0 Å². The number of nitrogens with zero attached hydrogens (tertiary/aromatic N) is 1. The molecule has 4 aromatic rings. The van der Waals surface area contributed by atoms with Crippen LogP contribution < -0.4 is 15.4 Å². The number of sulfonamides is 1. The lowest BCUT2D eigenvalue weighted by Gasteiger charge is -2.70. The summed E-state index contributed by atoms with van der Waals surface area (Å²) < 4.78 is 67.4. The third kappa shape index (κ3) is 5.22. The minimum atomic E-state index is -4.41. The van der Waals surface area contributed by atoms with Crippen LogP contribution in [0, 0.1) is 5.41 Å². The van der Waals surface area contributed by atoms with Crippen molar-refractivity contribution in [2.45, 2.75) is 42.4 Å². The molecule has 0 radical (unpaired) electrons. The first-order valence-electron chi connectivity index (χ1n) is 13.3. The van der Waals surface area contributed by atoms with Gasteiger partial charge in [0.2, 0.25) is 0 Å². The summed E-state index contributed by atoms with van der Waals surface area (Å²) in [5.41, 5.74) is 0.521. The van der Waals surface area contributed by atoms with Crippen LogP contribution in [0.4, 0.5) is 18.0 Å². The van der Waals surface area contributed by atoms with E-state index >= 15 is 0 Å². The number of para-hydroxylation sites is 1. The molecule has 3 fully saturated rings. The van der Waals surface area contributed by atoms with Crippen molar-refractivity contribution in [2.24, 2.45) is 5.41 Å². The largest absolute Gasteiger partial charge is 0.416 e. The van der Waals surface area contributed by atoms with E-state index in [-0.39, 0.29) is 22.8 Å². The van der Waals surface area contributed by atoms with Crippen molar-refractivity contribution in [2.75, 3.05) is 6.54 Å². The van der Waals surface area contributed by atoms with E-state index in [0.29, 0.717) is 42.5 Å². The van der Waals surface area contributed by atoms with Gasteiger partial charge in [-0.15, -0.1) is 0 Å². The number of urea groups is 1. The summed E-state index contributed by atoms with van der Waals surface area (Å²) in [6.45, 7) is 0.584. The van der Waals surface area contributed by atoms with Gasteiger partial charge >= 0.3 is 12.2 Å². The molecule has 0 unspecified atom stereocenters. The number of benzene rings is 3. The fourth-order valence-electron chi connectivity index (χ4n) is 6.28. The van der Waals surface area contributed by atoms with Crippen LogP contribution in [0.25, 0.3) is 10.9 Å². The number of amides is 3. The van der Waals surface area contributed by atoms with Crippen LogP contribution >= 0.6 is 0 Å². The Bertz CT molecular complexity index is 1770. The molecule has 1 aromatic heterocycles. The zero-order chi connectivity index (χ0) is 29.8. The van der Waals surface area contributed by atoms with Gasteiger partial charge in [0.15, 0.2) is 0 Å². The number of hydrogen-bond donors (Lipinski definition) is 3. The van der Waals surface area contributed by atoms with Gasteiger partial charge in [-0.1, -0.05) is 42.5 Å². The summed E-state index contributed by atoms with van der Waals surface area (Å²) in [5, 5.41) is 6.63. The molecule has 42 heavy (non-hydrogen) atoms. The average molecular weight is 597 g/mol. The first kappa shape index (κ1) is 27.8. The zero-order valence-electron chi connectivity index (χ0n) is 22.2. The second-order valence-corrected chi connectivity index (χ2v) is 12.9. The molecule has 2 bridgehead atoms. The second-order valence-electron chi connectivity index (χ2n) is 11.2. The Morgan fingerprint density at radius 1 is 0.881 bits per heavy atom. The summed E-state index contributed by atoms with van der Waals surface area (Å²) in [7, 11) is -3.97. The lowest BCUT2D eigenvalue weighted by Crippen LogP contribution is -2.77. The maximum absolute atomic E-state index is 13.4. The van der Waals surface area contributed by atoms with Gasteiger partial charge in [-0.25, -0.2) is 17.9 Å². The maximum atomic E-state index is 13.4. The molecule has 0 spiro atoms. The summed E-state index contributed by atoms with van der Waals surface area (Å²) in [6.07, 6.45) is -0.640. The molecule has 218 valence electrons. The quantitative estimate of drug-likeness (QED) is 0.265. The average Bonchev–Trinajstić information content (AvgIpc) is 3.32. The van der Waals surface area contributed by atoms with Crippen LogP contribution in [0.15, 0.2) is 90.0 Å². The summed E-state index contributed by atoms with van der Waals surface area (Å²) in [6, 6.07) is 19.0. The number of halogens is 3. The van der Waals surface area contributed by atoms with Gasteiger partial charge in [0.05, 0.1) is 21.5 Å². The van der Waals surface area contributed by atoms with E-state index in [9.17, 15) is 31.2 Å². The Morgan fingerprint density at radius 2 is 1.57 bits per heavy atom. The first-order chi connectivity index (χ1) is 19.9. The third-order valence-electron chi connectivity index (χ3n) is 8.09. The molecule has 0 saturated heterocycles. The first-order valence-corrected chi connectivity index (χ1v) is 14.8. The fraction of sp³-hybridized carbons (Fsp3) is 0.267.